The van der Waals surface area contributed by atoms with Gasteiger partial charge in [-0.2, -0.15) is 0 Å². The average molecular weight is 365 g/mol. The van der Waals surface area contributed by atoms with Crippen LogP contribution in [0.4, 0.5) is 5.69 Å². The highest BCUT2D eigenvalue weighted by Crippen LogP contribution is 2.25. The Hall–Kier alpha value is -3.16. The summed E-state index contributed by atoms with van der Waals surface area (Å²) in [5.41, 5.74) is 2.74. The summed E-state index contributed by atoms with van der Waals surface area (Å²) >= 11 is 0. The number of nitrogens with one attached hydrogen (secondary N) is 1. The molecule has 0 spiro atoms. The first-order valence-electron chi connectivity index (χ1n) is 8.69. The van der Waals surface area contributed by atoms with Crippen molar-refractivity contribution in [2.45, 2.75) is 0 Å². The zero-order valence-corrected chi connectivity index (χ0v) is 14.6. The summed E-state index contributed by atoms with van der Waals surface area (Å²) in [6.07, 6.45) is 0. The number of hydrogen-bond donors (Lipinski definition) is 3. The second-order valence-electron chi connectivity index (χ2n) is 6.21. The molecule has 4 rings (SSSR count). The summed E-state index contributed by atoms with van der Waals surface area (Å²) in [4.78, 5) is 22.0. The van der Waals surface area contributed by atoms with Crippen LogP contribution in [0.5, 0.6) is 0 Å². The van der Waals surface area contributed by atoms with Gasteiger partial charge in [0, 0.05) is 30.2 Å². The highest BCUT2D eigenvalue weighted by Gasteiger charge is 2.13. The van der Waals surface area contributed by atoms with E-state index in [1.807, 2.05) is 41.3 Å². The Labute approximate surface area is 154 Å². The third kappa shape index (κ3) is 3.30. The largest absolute Gasteiger partial charge is 0.422 e. The molecule has 0 amide bonds. The molecule has 0 radical (unpaired) electrons. The summed E-state index contributed by atoms with van der Waals surface area (Å²) in [6, 6.07) is 14.8. The van der Waals surface area contributed by atoms with Gasteiger partial charge in [-0.25, -0.2) is 9.78 Å². The van der Waals surface area contributed by atoms with Gasteiger partial charge >= 0.3 is 5.63 Å². The van der Waals surface area contributed by atoms with Gasteiger partial charge in [-0.15, -0.1) is 0 Å². The van der Waals surface area contributed by atoms with Gasteiger partial charge in [0.25, 0.3) is 0 Å². The molecule has 0 saturated heterocycles. The molecule has 0 aliphatic rings. The normalized spacial score (nSPS) is 11.3. The molecule has 2 aromatic carbocycles. The van der Waals surface area contributed by atoms with Crippen LogP contribution in [0.15, 0.2) is 57.7 Å². The maximum Gasteiger partial charge on any atom is 0.347 e. The third-order valence-corrected chi connectivity index (χ3v) is 4.47. The number of rotatable bonds is 6. The van der Waals surface area contributed by atoms with E-state index < -0.39 is 5.63 Å². The number of aliphatic hydroxyl groups is 2. The van der Waals surface area contributed by atoms with Gasteiger partial charge in [-0.1, -0.05) is 12.1 Å². The fourth-order valence-corrected chi connectivity index (χ4v) is 3.15. The monoisotopic (exact) mass is 365 g/mol. The first-order valence-corrected chi connectivity index (χ1v) is 8.69. The molecular weight excluding hydrogens is 346 g/mol. The van der Waals surface area contributed by atoms with Gasteiger partial charge in [0.1, 0.15) is 17.0 Å². The number of aliphatic hydroxyl groups excluding tert-OH is 2. The highest BCUT2D eigenvalue weighted by atomic mass is 16.4. The molecule has 4 aromatic rings. The van der Waals surface area contributed by atoms with Crippen molar-refractivity contribution in [2.24, 2.45) is 0 Å². The molecule has 2 aromatic heterocycles. The van der Waals surface area contributed by atoms with Gasteiger partial charge < -0.3 is 24.5 Å². The molecule has 7 nitrogen and oxygen atoms in total. The molecule has 0 aliphatic heterocycles. The summed E-state index contributed by atoms with van der Waals surface area (Å²) in [5, 5.41) is 19.2. The Morgan fingerprint density at radius 1 is 1.04 bits per heavy atom. The Morgan fingerprint density at radius 2 is 1.81 bits per heavy atom. The van der Waals surface area contributed by atoms with Crippen LogP contribution in [0.25, 0.3) is 33.4 Å². The first-order chi connectivity index (χ1) is 13.2. The van der Waals surface area contributed by atoms with Crippen LogP contribution in [-0.4, -0.2) is 46.5 Å². The highest BCUT2D eigenvalue weighted by molar-refractivity contribution is 5.85. The van der Waals surface area contributed by atoms with Crippen LogP contribution < -0.4 is 10.5 Å². The minimum absolute atomic E-state index is 0.0347. The van der Waals surface area contributed by atoms with E-state index >= 15 is 0 Å². The molecule has 138 valence electrons. The molecule has 0 atom stereocenters. The maximum atomic E-state index is 12.5. The number of H-pyrrole nitrogens is 1. The lowest BCUT2D eigenvalue weighted by atomic mass is 10.1. The van der Waals surface area contributed by atoms with Crippen LogP contribution in [0.1, 0.15) is 0 Å². The molecule has 27 heavy (non-hydrogen) atoms. The van der Waals surface area contributed by atoms with Gasteiger partial charge in [0.05, 0.1) is 24.2 Å². The second-order valence-corrected chi connectivity index (χ2v) is 6.21. The lowest BCUT2D eigenvalue weighted by molar-refractivity contribution is 0.281. The van der Waals surface area contributed by atoms with E-state index in [9.17, 15) is 15.0 Å². The first kappa shape index (κ1) is 17.3. The topological polar surface area (TPSA) is 103 Å². The quantitative estimate of drug-likeness (QED) is 0.452. The molecule has 0 fully saturated rings. The smallest absolute Gasteiger partial charge is 0.347 e. The number of anilines is 1. The third-order valence-electron chi connectivity index (χ3n) is 4.47. The fraction of sp³-hybridized carbons (Fsp3) is 0.200. The Morgan fingerprint density at radius 3 is 2.56 bits per heavy atom. The van der Waals surface area contributed by atoms with Crippen LogP contribution in [0.2, 0.25) is 0 Å². The van der Waals surface area contributed by atoms with E-state index in [4.69, 9.17) is 4.42 Å². The van der Waals surface area contributed by atoms with Crippen molar-refractivity contribution < 1.29 is 14.6 Å². The zero-order valence-electron chi connectivity index (χ0n) is 14.6. The number of aromatic amines is 1. The van der Waals surface area contributed by atoms with E-state index in [0.717, 1.165) is 22.1 Å². The number of hydrogen-bond acceptors (Lipinski definition) is 6. The van der Waals surface area contributed by atoms with E-state index in [0.29, 0.717) is 30.1 Å². The van der Waals surface area contributed by atoms with E-state index in [-0.39, 0.29) is 13.2 Å². The van der Waals surface area contributed by atoms with Crippen molar-refractivity contribution in [3.05, 3.63) is 59.0 Å². The molecule has 0 aliphatic carbocycles. The standard InChI is InChI=1S/C20H19N3O4/c24-9-7-23(8-10-25)14-6-5-13-11-15(20(26)27-18(13)12-14)19-21-16-3-1-2-4-17(16)22-19/h1-6,11-12,24-25H,7-10H2,(H,21,22). The lowest BCUT2D eigenvalue weighted by Crippen LogP contribution is -2.29. The van der Waals surface area contributed by atoms with Crippen LogP contribution in [0, 0.1) is 0 Å². The van der Waals surface area contributed by atoms with Crippen molar-refractivity contribution >= 4 is 27.7 Å². The maximum absolute atomic E-state index is 12.5. The van der Waals surface area contributed by atoms with Crippen molar-refractivity contribution in [3.63, 3.8) is 0 Å². The molecule has 0 bridgehead atoms. The Bertz CT molecular complexity index is 1110. The fourth-order valence-electron chi connectivity index (χ4n) is 3.15. The van der Waals surface area contributed by atoms with Crippen molar-refractivity contribution in [1.82, 2.24) is 9.97 Å². The van der Waals surface area contributed by atoms with E-state index in [2.05, 4.69) is 9.97 Å². The van der Waals surface area contributed by atoms with Crippen molar-refractivity contribution in [3.8, 4) is 11.4 Å². The van der Waals surface area contributed by atoms with Crippen LogP contribution >= 0.6 is 0 Å². The van der Waals surface area contributed by atoms with Gasteiger partial charge in [-0.05, 0) is 30.3 Å². The Kier molecular flexibility index (Phi) is 4.62. The van der Waals surface area contributed by atoms with Gasteiger partial charge in [-0.3, -0.25) is 0 Å². The molecule has 0 saturated carbocycles. The lowest BCUT2D eigenvalue weighted by Gasteiger charge is -2.22. The molecule has 3 N–H and O–H groups in total. The number of fused-ring (bicyclic) bond motifs is 2. The predicted molar refractivity (Wildman–Crippen MR) is 104 cm³/mol. The van der Waals surface area contributed by atoms with Gasteiger partial charge in [0.2, 0.25) is 0 Å². The number of imidazole rings is 1. The molecule has 7 heteroatoms. The minimum atomic E-state index is -0.477. The number of aromatic nitrogens is 2. The second kappa shape index (κ2) is 7.22. The average Bonchev–Trinajstić information content (AvgIpc) is 3.10. The SMILES string of the molecule is O=c1oc2cc(N(CCO)CCO)ccc2cc1-c1nc2ccccc2[nH]1. The van der Waals surface area contributed by atoms with E-state index in [1.54, 1.807) is 12.1 Å². The van der Waals surface area contributed by atoms with E-state index in [1.165, 1.54) is 0 Å². The molecule has 2 heterocycles. The molecular formula is C20H19N3O4. The molecule has 0 unspecified atom stereocenters. The summed E-state index contributed by atoms with van der Waals surface area (Å²) in [5.74, 6) is 0.470. The zero-order chi connectivity index (χ0) is 18.8. The van der Waals surface area contributed by atoms with Gasteiger partial charge in [0.15, 0.2) is 0 Å². The summed E-state index contributed by atoms with van der Waals surface area (Å²) < 4.78 is 5.52. The number of nitrogens with zero attached hydrogens (tertiary/aromatic N) is 2. The predicted octanol–water partition coefficient (Wildman–Crippen LogP) is 2.13. The Balaban J connectivity index is 1.77. The number of para-hydroxylation sites is 2. The minimum Gasteiger partial charge on any atom is -0.422 e. The van der Waals surface area contributed by atoms with Crippen molar-refractivity contribution in [1.29, 1.82) is 0 Å². The number of benzene rings is 2. The summed E-state index contributed by atoms with van der Waals surface area (Å²) in [6.45, 7) is 0.695. The van der Waals surface area contributed by atoms with Crippen LogP contribution in [0.3, 0.4) is 0 Å². The van der Waals surface area contributed by atoms with Crippen molar-refractivity contribution in [2.75, 3.05) is 31.2 Å². The summed E-state index contributed by atoms with van der Waals surface area (Å²) in [7, 11) is 0. The van der Waals surface area contributed by atoms with Crippen LogP contribution in [-0.2, 0) is 0 Å².